The van der Waals surface area contributed by atoms with Gasteiger partial charge in [0.05, 0.1) is 6.54 Å². The molecule has 188 valence electrons. The molecule has 1 aromatic rings. The molecular formula is C23H35N5O6. The minimum Gasteiger partial charge on any atom is -0.480 e. The highest BCUT2D eigenvalue weighted by molar-refractivity contribution is 5.95. The molecule has 0 radical (unpaired) electrons. The van der Waals surface area contributed by atoms with Crippen molar-refractivity contribution < 1.29 is 29.1 Å². The lowest BCUT2D eigenvalue weighted by atomic mass is 10.0. The standard InChI is InChI=1S/C23H35N5O6/c1-13(2)10-17(27-19(29)12-24)21(31)25-14(3)20(30)28-18(11-16-8-6-5-7-9-16)22(32)26-15(4)23(33)34/h5-9,13-15,17-18H,10-12,24H2,1-4H3,(H,25,31)(H,26,32)(H,27,29)(H,28,30)(H,33,34)/t14-,15-,17-,18-/m0/s1. The molecule has 0 aliphatic carbocycles. The number of carbonyl (C=O) groups is 5. The summed E-state index contributed by atoms with van der Waals surface area (Å²) < 4.78 is 0. The molecule has 0 aliphatic rings. The number of rotatable bonds is 13. The molecule has 11 heteroatoms. The molecule has 0 fully saturated rings. The fraction of sp³-hybridized carbons (Fsp3) is 0.522. The van der Waals surface area contributed by atoms with Crippen LogP contribution in [0.25, 0.3) is 0 Å². The Morgan fingerprint density at radius 1 is 0.794 bits per heavy atom. The second-order valence-electron chi connectivity index (χ2n) is 8.50. The first-order valence-electron chi connectivity index (χ1n) is 11.1. The van der Waals surface area contributed by atoms with Crippen LogP contribution in [0, 0.1) is 5.92 Å². The zero-order valence-electron chi connectivity index (χ0n) is 20.0. The normalized spacial score (nSPS) is 14.3. The van der Waals surface area contributed by atoms with Gasteiger partial charge in [-0.1, -0.05) is 44.2 Å². The maximum atomic E-state index is 12.8. The number of aliphatic carboxylic acids is 1. The van der Waals surface area contributed by atoms with Crippen molar-refractivity contribution in [1.82, 2.24) is 21.3 Å². The van der Waals surface area contributed by atoms with Gasteiger partial charge in [0.1, 0.15) is 24.2 Å². The van der Waals surface area contributed by atoms with Crippen molar-refractivity contribution in [2.45, 2.75) is 64.7 Å². The number of hydrogen-bond donors (Lipinski definition) is 6. The summed E-state index contributed by atoms with van der Waals surface area (Å²) in [6.07, 6.45) is 0.464. The maximum Gasteiger partial charge on any atom is 0.325 e. The monoisotopic (exact) mass is 477 g/mol. The third-order valence-corrected chi connectivity index (χ3v) is 4.94. The van der Waals surface area contributed by atoms with Crippen molar-refractivity contribution in [2.24, 2.45) is 11.7 Å². The predicted octanol–water partition coefficient (Wildman–Crippen LogP) is -0.702. The van der Waals surface area contributed by atoms with Crippen molar-refractivity contribution in [3.63, 3.8) is 0 Å². The molecule has 0 saturated carbocycles. The first kappa shape index (κ1) is 28.6. The largest absolute Gasteiger partial charge is 0.480 e. The molecule has 7 N–H and O–H groups in total. The van der Waals surface area contributed by atoms with Crippen molar-refractivity contribution >= 4 is 29.6 Å². The zero-order valence-corrected chi connectivity index (χ0v) is 20.0. The van der Waals surface area contributed by atoms with Crippen LogP contribution in [-0.4, -0.2) is 65.4 Å². The van der Waals surface area contributed by atoms with Crippen LogP contribution in [0.1, 0.15) is 39.7 Å². The number of nitrogens with one attached hydrogen (secondary N) is 4. The number of carboxylic acid groups (broad SMARTS) is 1. The van der Waals surface area contributed by atoms with Gasteiger partial charge in [0.25, 0.3) is 0 Å². The smallest absolute Gasteiger partial charge is 0.325 e. The van der Waals surface area contributed by atoms with E-state index in [2.05, 4.69) is 21.3 Å². The quantitative estimate of drug-likeness (QED) is 0.217. The number of carbonyl (C=O) groups excluding carboxylic acids is 4. The maximum absolute atomic E-state index is 12.8. The minimum absolute atomic E-state index is 0.0909. The third-order valence-electron chi connectivity index (χ3n) is 4.94. The van der Waals surface area contributed by atoms with Gasteiger partial charge in [-0.25, -0.2) is 0 Å². The molecule has 0 heterocycles. The van der Waals surface area contributed by atoms with Crippen LogP contribution in [0.2, 0.25) is 0 Å². The zero-order chi connectivity index (χ0) is 25.8. The average Bonchev–Trinajstić information content (AvgIpc) is 2.77. The Kier molecular flexibility index (Phi) is 11.7. The highest BCUT2D eigenvalue weighted by atomic mass is 16.4. The van der Waals surface area contributed by atoms with Gasteiger partial charge in [0, 0.05) is 6.42 Å². The molecule has 0 aliphatic heterocycles. The summed E-state index contributed by atoms with van der Waals surface area (Å²) in [6.45, 7) is 6.26. The Balaban J connectivity index is 2.91. The first-order valence-corrected chi connectivity index (χ1v) is 11.1. The van der Waals surface area contributed by atoms with Gasteiger partial charge >= 0.3 is 5.97 Å². The summed E-state index contributed by atoms with van der Waals surface area (Å²) in [6, 6.07) is 4.79. The van der Waals surface area contributed by atoms with E-state index < -0.39 is 53.8 Å². The van der Waals surface area contributed by atoms with Gasteiger partial charge in [-0.15, -0.1) is 0 Å². The van der Waals surface area contributed by atoms with Gasteiger partial charge < -0.3 is 32.1 Å². The Morgan fingerprint density at radius 2 is 1.35 bits per heavy atom. The van der Waals surface area contributed by atoms with Crippen molar-refractivity contribution in [1.29, 1.82) is 0 Å². The molecule has 0 aromatic heterocycles. The Bertz CT molecular complexity index is 861. The van der Waals surface area contributed by atoms with Crippen LogP contribution in [0.3, 0.4) is 0 Å². The highest BCUT2D eigenvalue weighted by Gasteiger charge is 2.29. The van der Waals surface area contributed by atoms with E-state index in [0.717, 1.165) is 5.56 Å². The molecule has 0 unspecified atom stereocenters. The fourth-order valence-electron chi connectivity index (χ4n) is 3.07. The van der Waals surface area contributed by atoms with Crippen LogP contribution in [0.15, 0.2) is 30.3 Å². The summed E-state index contributed by atoms with van der Waals surface area (Å²) in [5.41, 5.74) is 6.07. The summed E-state index contributed by atoms with van der Waals surface area (Å²) in [5.74, 6) is -3.48. The van der Waals surface area contributed by atoms with Gasteiger partial charge in [-0.3, -0.25) is 24.0 Å². The Labute approximate surface area is 199 Å². The van der Waals surface area contributed by atoms with E-state index >= 15 is 0 Å². The summed E-state index contributed by atoms with van der Waals surface area (Å²) in [5, 5.41) is 19.1. The third kappa shape index (κ3) is 9.99. The van der Waals surface area contributed by atoms with E-state index in [4.69, 9.17) is 10.8 Å². The van der Waals surface area contributed by atoms with E-state index in [1.54, 1.807) is 30.3 Å². The molecule has 4 atom stereocenters. The number of carboxylic acids is 1. The summed E-state index contributed by atoms with van der Waals surface area (Å²) >= 11 is 0. The second-order valence-corrected chi connectivity index (χ2v) is 8.50. The first-order chi connectivity index (χ1) is 15.9. The lowest BCUT2D eigenvalue weighted by molar-refractivity contribution is -0.141. The van der Waals surface area contributed by atoms with E-state index in [-0.39, 0.29) is 18.9 Å². The molecule has 34 heavy (non-hydrogen) atoms. The molecule has 11 nitrogen and oxygen atoms in total. The predicted molar refractivity (Wildman–Crippen MR) is 125 cm³/mol. The van der Waals surface area contributed by atoms with E-state index in [1.165, 1.54) is 13.8 Å². The van der Waals surface area contributed by atoms with E-state index in [1.807, 2.05) is 13.8 Å². The van der Waals surface area contributed by atoms with Gasteiger partial charge in [-0.2, -0.15) is 0 Å². The van der Waals surface area contributed by atoms with Crippen molar-refractivity contribution in [3.05, 3.63) is 35.9 Å². The van der Waals surface area contributed by atoms with E-state index in [9.17, 15) is 24.0 Å². The number of benzene rings is 1. The molecule has 1 aromatic carbocycles. The van der Waals surface area contributed by atoms with Crippen LogP contribution < -0.4 is 27.0 Å². The van der Waals surface area contributed by atoms with Crippen LogP contribution in [0.4, 0.5) is 0 Å². The molecule has 0 spiro atoms. The lowest BCUT2D eigenvalue weighted by Gasteiger charge is -2.24. The Morgan fingerprint density at radius 3 is 1.88 bits per heavy atom. The lowest BCUT2D eigenvalue weighted by Crippen LogP contribution is -2.57. The van der Waals surface area contributed by atoms with Crippen molar-refractivity contribution in [3.8, 4) is 0 Å². The van der Waals surface area contributed by atoms with Gasteiger partial charge in [-0.05, 0) is 31.7 Å². The molecule has 0 bridgehead atoms. The SMILES string of the molecule is CC(C)C[C@H](NC(=O)CN)C(=O)N[C@@H](C)C(=O)N[C@@H](Cc1ccccc1)C(=O)N[C@@H](C)C(=O)O. The Hall–Kier alpha value is -3.47. The van der Waals surface area contributed by atoms with Gasteiger partial charge in [0.2, 0.25) is 23.6 Å². The number of nitrogens with two attached hydrogens (primary N) is 1. The average molecular weight is 478 g/mol. The van der Waals surface area contributed by atoms with E-state index in [0.29, 0.717) is 6.42 Å². The van der Waals surface area contributed by atoms with Crippen LogP contribution in [-0.2, 0) is 30.4 Å². The minimum atomic E-state index is -1.21. The summed E-state index contributed by atoms with van der Waals surface area (Å²) in [7, 11) is 0. The van der Waals surface area contributed by atoms with Crippen molar-refractivity contribution in [2.75, 3.05) is 6.54 Å². The number of hydrogen-bond acceptors (Lipinski definition) is 6. The molecule has 0 saturated heterocycles. The fourth-order valence-corrected chi connectivity index (χ4v) is 3.07. The topological polar surface area (TPSA) is 180 Å². The molecule has 1 rings (SSSR count). The highest BCUT2D eigenvalue weighted by Crippen LogP contribution is 2.07. The summed E-state index contributed by atoms with van der Waals surface area (Å²) in [4.78, 5) is 61.0. The molecular weight excluding hydrogens is 442 g/mol. The van der Waals surface area contributed by atoms with Crippen LogP contribution in [0.5, 0.6) is 0 Å². The second kappa shape index (κ2) is 13.9. The number of amides is 4. The molecule has 4 amide bonds. The van der Waals surface area contributed by atoms with Crippen LogP contribution >= 0.6 is 0 Å². The van der Waals surface area contributed by atoms with Gasteiger partial charge in [0.15, 0.2) is 0 Å².